The SMILES string of the molecule is CCCC[C@H](NC(=O)c1cnc(-c2ccc(OC)cc2)s1)C(=O)O. The number of rotatable bonds is 8. The van der Waals surface area contributed by atoms with Crippen LogP contribution in [0.25, 0.3) is 10.6 Å². The van der Waals surface area contributed by atoms with Crippen LogP contribution in [0.5, 0.6) is 5.75 Å². The topological polar surface area (TPSA) is 88.5 Å². The van der Waals surface area contributed by atoms with Crippen molar-refractivity contribution in [1.29, 1.82) is 0 Å². The number of thiazole rings is 1. The van der Waals surface area contributed by atoms with Gasteiger partial charge in [-0.15, -0.1) is 11.3 Å². The molecule has 0 unspecified atom stereocenters. The third-order valence-corrected chi connectivity index (χ3v) is 4.56. The molecule has 0 fully saturated rings. The van der Waals surface area contributed by atoms with Gasteiger partial charge in [-0.3, -0.25) is 4.79 Å². The largest absolute Gasteiger partial charge is 0.497 e. The molecule has 1 amide bonds. The summed E-state index contributed by atoms with van der Waals surface area (Å²) in [6, 6.07) is 6.49. The van der Waals surface area contributed by atoms with Gasteiger partial charge < -0.3 is 15.2 Å². The number of carboxylic acid groups (broad SMARTS) is 1. The molecule has 0 aliphatic heterocycles. The van der Waals surface area contributed by atoms with Crippen LogP contribution < -0.4 is 10.1 Å². The first kappa shape index (κ1) is 17.9. The normalized spacial score (nSPS) is 11.8. The number of carboxylic acids is 1. The average Bonchev–Trinajstić information content (AvgIpc) is 3.08. The summed E-state index contributed by atoms with van der Waals surface area (Å²) in [6.07, 6.45) is 3.51. The summed E-state index contributed by atoms with van der Waals surface area (Å²) in [5, 5.41) is 12.4. The molecule has 0 aliphatic carbocycles. The molecule has 0 bridgehead atoms. The Balaban J connectivity index is 2.08. The van der Waals surface area contributed by atoms with Gasteiger partial charge in [0, 0.05) is 5.56 Å². The molecule has 0 saturated heterocycles. The number of nitrogens with one attached hydrogen (secondary N) is 1. The number of hydrogen-bond acceptors (Lipinski definition) is 5. The number of methoxy groups -OCH3 is 1. The highest BCUT2D eigenvalue weighted by atomic mass is 32.1. The van der Waals surface area contributed by atoms with Crippen molar-refractivity contribution in [2.75, 3.05) is 7.11 Å². The van der Waals surface area contributed by atoms with Crippen LogP contribution >= 0.6 is 11.3 Å². The van der Waals surface area contributed by atoms with E-state index < -0.39 is 17.9 Å². The van der Waals surface area contributed by atoms with E-state index in [0.29, 0.717) is 16.3 Å². The Morgan fingerprint density at radius 1 is 1.33 bits per heavy atom. The predicted molar refractivity (Wildman–Crippen MR) is 92.5 cm³/mol. The highest BCUT2D eigenvalue weighted by Gasteiger charge is 2.21. The number of carbonyl (C=O) groups is 2. The van der Waals surface area contributed by atoms with Gasteiger partial charge in [-0.05, 0) is 30.7 Å². The molecular formula is C17H20N2O4S. The Labute approximate surface area is 144 Å². The molecule has 7 heteroatoms. The Morgan fingerprint density at radius 3 is 2.62 bits per heavy atom. The molecule has 128 valence electrons. The zero-order valence-corrected chi connectivity index (χ0v) is 14.4. The zero-order valence-electron chi connectivity index (χ0n) is 13.6. The van der Waals surface area contributed by atoms with Crippen molar-refractivity contribution in [3.05, 3.63) is 35.3 Å². The number of unbranched alkanes of at least 4 members (excludes halogenated alkanes) is 1. The quantitative estimate of drug-likeness (QED) is 0.765. The van der Waals surface area contributed by atoms with E-state index in [1.165, 1.54) is 17.5 Å². The molecule has 2 aromatic rings. The fourth-order valence-corrected chi connectivity index (χ4v) is 2.97. The van der Waals surface area contributed by atoms with Gasteiger partial charge in [0.05, 0.1) is 13.3 Å². The lowest BCUT2D eigenvalue weighted by atomic mass is 10.1. The average molecular weight is 348 g/mol. The van der Waals surface area contributed by atoms with E-state index in [1.807, 2.05) is 31.2 Å². The summed E-state index contributed by atoms with van der Waals surface area (Å²) in [5.41, 5.74) is 0.876. The Kier molecular flexibility index (Phi) is 6.31. The lowest BCUT2D eigenvalue weighted by molar-refractivity contribution is -0.139. The lowest BCUT2D eigenvalue weighted by Gasteiger charge is -2.12. The number of benzene rings is 1. The van der Waals surface area contributed by atoms with Gasteiger partial charge in [0.15, 0.2) is 0 Å². The summed E-state index contributed by atoms with van der Waals surface area (Å²) in [7, 11) is 1.60. The van der Waals surface area contributed by atoms with Crippen LogP contribution in [0.3, 0.4) is 0 Å². The highest BCUT2D eigenvalue weighted by molar-refractivity contribution is 7.16. The second kappa shape index (κ2) is 8.44. The molecule has 0 spiro atoms. The van der Waals surface area contributed by atoms with Crippen molar-refractivity contribution in [3.63, 3.8) is 0 Å². The number of carbonyl (C=O) groups excluding carboxylic acids is 1. The van der Waals surface area contributed by atoms with E-state index in [2.05, 4.69) is 10.3 Å². The molecule has 0 radical (unpaired) electrons. The number of ether oxygens (including phenoxy) is 1. The van der Waals surface area contributed by atoms with Crippen molar-refractivity contribution in [3.8, 4) is 16.3 Å². The number of aromatic nitrogens is 1. The fourth-order valence-electron chi connectivity index (χ4n) is 2.14. The first-order valence-electron chi connectivity index (χ1n) is 7.69. The molecular weight excluding hydrogens is 328 g/mol. The third-order valence-electron chi connectivity index (χ3n) is 3.52. The van der Waals surface area contributed by atoms with E-state index in [9.17, 15) is 14.7 Å². The van der Waals surface area contributed by atoms with Gasteiger partial charge in [0.1, 0.15) is 21.7 Å². The van der Waals surface area contributed by atoms with Crippen LogP contribution in [-0.4, -0.2) is 35.1 Å². The summed E-state index contributed by atoms with van der Waals surface area (Å²) in [4.78, 5) is 28.1. The van der Waals surface area contributed by atoms with Gasteiger partial charge in [0.25, 0.3) is 5.91 Å². The summed E-state index contributed by atoms with van der Waals surface area (Å²) in [5.74, 6) is -0.680. The Hall–Kier alpha value is -2.41. The summed E-state index contributed by atoms with van der Waals surface area (Å²) >= 11 is 1.23. The van der Waals surface area contributed by atoms with Gasteiger partial charge in [0.2, 0.25) is 0 Å². The minimum absolute atomic E-state index is 0.392. The minimum atomic E-state index is -1.02. The monoisotopic (exact) mass is 348 g/mol. The molecule has 1 aromatic heterocycles. The fraction of sp³-hybridized carbons (Fsp3) is 0.353. The van der Waals surface area contributed by atoms with E-state index in [-0.39, 0.29) is 0 Å². The predicted octanol–water partition coefficient (Wildman–Crippen LogP) is 3.19. The van der Waals surface area contributed by atoms with Crippen molar-refractivity contribution < 1.29 is 19.4 Å². The molecule has 2 rings (SSSR count). The first-order valence-corrected chi connectivity index (χ1v) is 8.50. The van der Waals surface area contributed by atoms with Crippen LogP contribution in [0.4, 0.5) is 0 Å². The van der Waals surface area contributed by atoms with E-state index >= 15 is 0 Å². The highest BCUT2D eigenvalue weighted by Crippen LogP contribution is 2.26. The van der Waals surface area contributed by atoms with E-state index in [0.717, 1.165) is 24.2 Å². The molecule has 0 saturated carbocycles. The van der Waals surface area contributed by atoms with Gasteiger partial charge in [-0.25, -0.2) is 9.78 Å². The summed E-state index contributed by atoms with van der Waals surface area (Å²) < 4.78 is 5.11. The Bertz CT molecular complexity index is 697. The van der Waals surface area contributed by atoms with Crippen LogP contribution in [0.1, 0.15) is 35.9 Å². The maximum atomic E-state index is 12.2. The van der Waals surface area contributed by atoms with Crippen LogP contribution in [0, 0.1) is 0 Å². The maximum Gasteiger partial charge on any atom is 0.326 e. The minimum Gasteiger partial charge on any atom is -0.497 e. The summed E-state index contributed by atoms with van der Waals surface area (Å²) in [6.45, 7) is 1.98. The number of hydrogen-bond donors (Lipinski definition) is 2. The number of nitrogens with zero attached hydrogens (tertiary/aromatic N) is 1. The molecule has 1 aromatic carbocycles. The van der Waals surface area contributed by atoms with Crippen LogP contribution in [-0.2, 0) is 4.79 Å². The van der Waals surface area contributed by atoms with Gasteiger partial charge in [-0.2, -0.15) is 0 Å². The second-order valence-electron chi connectivity index (χ2n) is 5.26. The molecule has 1 heterocycles. The van der Waals surface area contributed by atoms with Gasteiger partial charge in [-0.1, -0.05) is 19.8 Å². The van der Waals surface area contributed by atoms with Crippen LogP contribution in [0.2, 0.25) is 0 Å². The second-order valence-corrected chi connectivity index (χ2v) is 6.30. The van der Waals surface area contributed by atoms with E-state index in [4.69, 9.17) is 4.74 Å². The van der Waals surface area contributed by atoms with Crippen molar-refractivity contribution >= 4 is 23.2 Å². The number of aliphatic carboxylic acids is 1. The molecule has 6 nitrogen and oxygen atoms in total. The molecule has 2 N–H and O–H groups in total. The van der Waals surface area contributed by atoms with Crippen molar-refractivity contribution in [1.82, 2.24) is 10.3 Å². The Morgan fingerprint density at radius 2 is 2.04 bits per heavy atom. The number of amides is 1. The maximum absolute atomic E-state index is 12.2. The van der Waals surface area contributed by atoms with Gasteiger partial charge >= 0.3 is 5.97 Å². The van der Waals surface area contributed by atoms with Crippen LogP contribution in [0.15, 0.2) is 30.5 Å². The first-order chi connectivity index (χ1) is 11.5. The molecule has 24 heavy (non-hydrogen) atoms. The smallest absolute Gasteiger partial charge is 0.326 e. The third kappa shape index (κ3) is 4.55. The van der Waals surface area contributed by atoms with E-state index in [1.54, 1.807) is 7.11 Å². The molecule has 1 atom stereocenters. The standard InChI is InChI=1S/C17H20N2O4S/c1-3-4-5-13(17(21)22)19-15(20)14-10-18-16(24-14)11-6-8-12(23-2)9-7-11/h6-10,13H,3-5H2,1-2H3,(H,19,20)(H,21,22)/t13-/m0/s1. The lowest BCUT2D eigenvalue weighted by Crippen LogP contribution is -2.40. The molecule has 0 aliphatic rings. The van der Waals surface area contributed by atoms with Crippen molar-refractivity contribution in [2.45, 2.75) is 32.2 Å². The van der Waals surface area contributed by atoms with Crippen molar-refractivity contribution in [2.24, 2.45) is 0 Å². The zero-order chi connectivity index (χ0) is 17.5.